The second-order valence-corrected chi connectivity index (χ2v) is 10.3. The Morgan fingerprint density at radius 1 is 0.471 bits per heavy atom. The molecular weight excluding hydrogens is 412 g/mol. The molecule has 0 spiro atoms. The van der Waals surface area contributed by atoms with Crippen molar-refractivity contribution in [3.8, 4) is 16.9 Å². The maximum atomic E-state index is 10.8. The van der Waals surface area contributed by atoms with Crippen LogP contribution in [0.15, 0.2) is 42.5 Å². The van der Waals surface area contributed by atoms with Gasteiger partial charge in [0.25, 0.3) is 0 Å². The summed E-state index contributed by atoms with van der Waals surface area (Å²) in [5.74, 6) is 0.441. The first-order chi connectivity index (χ1) is 16.8. The molecule has 2 rings (SSSR count). The van der Waals surface area contributed by atoms with Gasteiger partial charge in [0.05, 0.1) is 0 Å². The molecule has 0 aliphatic carbocycles. The molecule has 2 aromatic rings. The van der Waals surface area contributed by atoms with E-state index in [9.17, 15) is 5.11 Å². The van der Waals surface area contributed by atoms with Gasteiger partial charge in [0.2, 0.25) is 0 Å². The Balaban J connectivity index is 1.84. The highest BCUT2D eigenvalue weighted by atomic mass is 16.3. The third-order valence-electron chi connectivity index (χ3n) is 7.26. The maximum Gasteiger partial charge on any atom is 0.123 e. The lowest BCUT2D eigenvalue weighted by Crippen LogP contribution is -1.96. The van der Waals surface area contributed by atoms with Crippen LogP contribution in [0.4, 0.5) is 0 Å². The molecule has 190 valence electrons. The zero-order valence-corrected chi connectivity index (χ0v) is 22.4. The smallest absolute Gasteiger partial charge is 0.123 e. The highest BCUT2D eigenvalue weighted by Crippen LogP contribution is 2.36. The lowest BCUT2D eigenvalue weighted by atomic mass is 9.90. The molecule has 0 saturated heterocycles. The third-order valence-corrected chi connectivity index (χ3v) is 7.26. The van der Waals surface area contributed by atoms with E-state index < -0.39 is 0 Å². The summed E-state index contributed by atoms with van der Waals surface area (Å²) in [6, 6.07) is 14.9. The summed E-state index contributed by atoms with van der Waals surface area (Å²) in [4.78, 5) is 0. The van der Waals surface area contributed by atoms with E-state index in [-0.39, 0.29) is 0 Å². The van der Waals surface area contributed by atoms with E-state index in [0.29, 0.717) is 5.75 Å². The topological polar surface area (TPSA) is 20.2 Å². The Hall–Kier alpha value is -1.76. The molecule has 0 fully saturated rings. The number of aromatic hydroxyl groups is 1. The molecule has 34 heavy (non-hydrogen) atoms. The van der Waals surface area contributed by atoms with E-state index in [1.54, 1.807) is 0 Å². The Morgan fingerprint density at radius 3 is 1.47 bits per heavy atom. The quantitative estimate of drug-likeness (QED) is 0.193. The van der Waals surface area contributed by atoms with E-state index in [1.807, 2.05) is 12.1 Å². The summed E-state index contributed by atoms with van der Waals surface area (Å²) in [6.45, 7) is 4.56. The van der Waals surface area contributed by atoms with Gasteiger partial charge in [-0.15, -0.1) is 0 Å². The van der Waals surface area contributed by atoms with Crippen molar-refractivity contribution >= 4 is 0 Å². The fourth-order valence-electron chi connectivity index (χ4n) is 5.16. The molecule has 0 radical (unpaired) electrons. The monoisotopic (exact) mass is 464 g/mol. The van der Waals surface area contributed by atoms with Gasteiger partial charge in [0.15, 0.2) is 0 Å². The molecule has 0 heterocycles. The predicted octanol–water partition coefficient (Wildman–Crippen LogP) is 10.8. The highest BCUT2D eigenvalue weighted by Gasteiger charge is 2.13. The average Bonchev–Trinajstić information content (AvgIpc) is 2.85. The van der Waals surface area contributed by atoms with Gasteiger partial charge in [-0.1, -0.05) is 147 Å². The Bertz CT molecular complexity index is 763. The second kappa shape index (κ2) is 18.6. The van der Waals surface area contributed by atoms with Crippen LogP contribution < -0.4 is 0 Å². The van der Waals surface area contributed by atoms with Crippen LogP contribution in [0.2, 0.25) is 0 Å². The zero-order valence-electron chi connectivity index (χ0n) is 22.4. The van der Waals surface area contributed by atoms with E-state index in [1.165, 1.54) is 126 Å². The molecule has 1 N–H and O–H groups in total. The average molecular weight is 465 g/mol. The standard InChI is InChI=1S/C33H52O/c1-3-5-7-9-11-12-13-15-16-18-23-29-24-20-21-27-31(29)33-30(26-22-28-32(33)34)25-19-17-14-10-8-6-4-2/h20-22,24,26-28,34H,3-19,23,25H2,1-2H3. The minimum atomic E-state index is 0.441. The van der Waals surface area contributed by atoms with Gasteiger partial charge in [-0.05, 0) is 48.4 Å². The number of rotatable bonds is 20. The van der Waals surface area contributed by atoms with Crippen molar-refractivity contribution in [3.63, 3.8) is 0 Å². The SMILES string of the molecule is CCCCCCCCCCCCc1ccccc1-c1c(O)cccc1CCCCCCCCC. The molecular formula is C33H52O. The van der Waals surface area contributed by atoms with Gasteiger partial charge in [-0.25, -0.2) is 0 Å². The summed E-state index contributed by atoms with van der Waals surface area (Å²) < 4.78 is 0. The number of phenols is 1. The van der Waals surface area contributed by atoms with Crippen LogP contribution >= 0.6 is 0 Å². The van der Waals surface area contributed by atoms with Crippen molar-refractivity contribution in [2.45, 2.75) is 136 Å². The summed E-state index contributed by atoms with van der Waals surface area (Å²) in [6.07, 6.45) is 25.1. The van der Waals surface area contributed by atoms with Crippen LogP contribution in [-0.2, 0) is 12.8 Å². The first-order valence-electron chi connectivity index (χ1n) is 14.7. The molecule has 0 saturated carbocycles. The minimum absolute atomic E-state index is 0.441. The molecule has 0 aliphatic heterocycles. The van der Waals surface area contributed by atoms with Gasteiger partial charge < -0.3 is 5.11 Å². The maximum absolute atomic E-state index is 10.8. The van der Waals surface area contributed by atoms with Crippen LogP contribution in [0.25, 0.3) is 11.1 Å². The molecule has 0 atom stereocenters. The van der Waals surface area contributed by atoms with Crippen molar-refractivity contribution in [1.29, 1.82) is 0 Å². The van der Waals surface area contributed by atoms with Gasteiger partial charge in [0.1, 0.15) is 5.75 Å². The van der Waals surface area contributed by atoms with E-state index in [0.717, 1.165) is 18.4 Å². The van der Waals surface area contributed by atoms with Crippen LogP contribution in [0.1, 0.15) is 134 Å². The van der Waals surface area contributed by atoms with Gasteiger partial charge >= 0.3 is 0 Å². The van der Waals surface area contributed by atoms with Crippen molar-refractivity contribution < 1.29 is 5.11 Å². The molecule has 1 heteroatoms. The van der Waals surface area contributed by atoms with Gasteiger partial charge in [-0.3, -0.25) is 0 Å². The molecule has 2 aromatic carbocycles. The summed E-state index contributed by atoms with van der Waals surface area (Å²) in [5, 5.41) is 10.8. The number of phenolic OH excluding ortho intramolecular Hbond substituents is 1. The lowest BCUT2D eigenvalue weighted by molar-refractivity contribution is 0.476. The molecule has 0 unspecified atom stereocenters. The summed E-state index contributed by atoms with van der Waals surface area (Å²) in [5.41, 5.74) is 5.03. The van der Waals surface area contributed by atoms with E-state index >= 15 is 0 Å². The fraction of sp³-hybridized carbons (Fsp3) is 0.636. The molecule has 0 aromatic heterocycles. The van der Waals surface area contributed by atoms with Crippen molar-refractivity contribution in [3.05, 3.63) is 53.6 Å². The number of hydrogen-bond acceptors (Lipinski definition) is 1. The largest absolute Gasteiger partial charge is 0.507 e. The summed E-state index contributed by atoms with van der Waals surface area (Å²) >= 11 is 0. The molecule has 0 aliphatic rings. The van der Waals surface area contributed by atoms with Crippen molar-refractivity contribution in [1.82, 2.24) is 0 Å². The number of unbranched alkanes of at least 4 members (excludes halogenated alkanes) is 15. The van der Waals surface area contributed by atoms with Crippen molar-refractivity contribution in [2.75, 3.05) is 0 Å². The highest BCUT2D eigenvalue weighted by molar-refractivity contribution is 5.76. The number of benzene rings is 2. The second-order valence-electron chi connectivity index (χ2n) is 10.3. The van der Waals surface area contributed by atoms with Gasteiger partial charge in [-0.2, -0.15) is 0 Å². The fourth-order valence-corrected chi connectivity index (χ4v) is 5.16. The van der Waals surface area contributed by atoms with Crippen LogP contribution in [0, 0.1) is 0 Å². The Morgan fingerprint density at radius 2 is 0.912 bits per heavy atom. The first kappa shape index (κ1) is 28.5. The molecule has 0 bridgehead atoms. The minimum Gasteiger partial charge on any atom is -0.507 e. The van der Waals surface area contributed by atoms with E-state index in [2.05, 4.69) is 44.2 Å². The van der Waals surface area contributed by atoms with Crippen LogP contribution in [0.3, 0.4) is 0 Å². The zero-order chi connectivity index (χ0) is 24.3. The van der Waals surface area contributed by atoms with Crippen LogP contribution in [0.5, 0.6) is 5.75 Å². The van der Waals surface area contributed by atoms with Gasteiger partial charge in [0, 0.05) is 5.56 Å². The van der Waals surface area contributed by atoms with Crippen molar-refractivity contribution in [2.24, 2.45) is 0 Å². The number of aryl methyl sites for hydroxylation is 2. The predicted molar refractivity (Wildman–Crippen MR) is 151 cm³/mol. The van der Waals surface area contributed by atoms with Crippen LogP contribution in [-0.4, -0.2) is 5.11 Å². The summed E-state index contributed by atoms with van der Waals surface area (Å²) in [7, 11) is 0. The normalized spacial score (nSPS) is 11.2. The molecule has 0 amide bonds. The first-order valence-corrected chi connectivity index (χ1v) is 14.7. The van der Waals surface area contributed by atoms with E-state index in [4.69, 9.17) is 0 Å². The number of hydrogen-bond donors (Lipinski definition) is 1. The lowest BCUT2D eigenvalue weighted by Gasteiger charge is -2.16. The molecule has 1 nitrogen and oxygen atoms in total. The third kappa shape index (κ3) is 11.1. The Labute approximate surface area is 211 Å². The Kier molecular flexibility index (Phi) is 15.5.